The van der Waals surface area contributed by atoms with Gasteiger partial charge in [0.2, 0.25) is 0 Å². The van der Waals surface area contributed by atoms with Crippen LogP contribution < -0.4 is 5.32 Å². The van der Waals surface area contributed by atoms with Gasteiger partial charge in [-0.25, -0.2) is 0 Å². The van der Waals surface area contributed by atoms with Gasteiger partial charge in [-0.2, -0.15) is 0 Å². The van der Waals surface area contributed by atoms with E-state index >= 15 is 0 Å². The van der Waals surface area contributed by atoms with Gasteiger partial charge in [0.1, 0.15) is 0 Å². The van der Waals surface area contributed by atoms with Gasteiger partial charge in [0.15, 0.2) is 0 Å². The highest BCUT2D eigenvalue weighted by Crippen LogP contribution is 2.21. The molecule has 0 saturated heterocycles. The Morgan fingerprint density at radius 3 is 2.56 bits per heavy atom. The third-order valence-corrected chi connectivity index (χ3v) is 3.93. The maximum absolute atomic E-state index is 3.54. The lowest BCUT2D eigenvalue weighted by Crippen LogP contribution is -2.33. The van der Waals surface area contributed by atoms with Crippen molar-refractivity contribution in [3.05, 3.63) is 34.3 Å². The Balaban J connectivity index is 2.62. The highest BCUT2D eigenvalue weighted by atomic mass is 79.9. The highest BCUT2D eigenvalue weighted by molar-refractivity contribution is 9.10. The van der Waals surface area contributed by atoms with E-state index in [0.29, 0.717) is 12.1 Å². The van der Waals surface area contributed by atoms with E-state index in [0.717, 1.165) is 24.0 Å². The number of hydrogen-bond acceptors (Lipinski definition) is 2. The summed E-state index contributed by atoms with van der Waals surface area (Å²) < 4.78 is 1.15. The quantitative estimate of drug-likeness (QED) is 0.823. The molecule has 1 rings (SSSR count). The maximum Gasteiger partial charge on any atom is 0.0330 e. The van der Waals surface area contributed by atoms with Gasteiger partial charge < -0.3 is 10.2 Å². The van der Waals surface area contributed by atoms with Crippen molar-refractivity contribution in [1.82, 2.24) is 10.2 Å². The Morgan fingerprint density at radius 1 is 1.33 bits per heavy atom. The van der Waals surface area contributed by atoms with Crippen LogP contribution in [-0.4, -0.2) is 31.1 Å². The summed E-state index contributed by atoms with van der Waals surface area (Å²) in [4.78, 5) is 2.50. The van der Waals surface area contributed by atoms with Crippen molar-refractivity contribution < 1.29 is 0 Å². The lowest BCUT2D eigenvalue weighted by molar-refractivity contribution is 0.221. The van der Waals surface area contributed by atoms with Crippen molar-refractivity contribution in [2.75, 3.05) is 20.1 Å². The molecule has 102 valence electrons. The van der Waals surface area contributed by atoms with Crippen LogP contribution in [0.4, 0.5) is 0 Å². The lowest BCUT2D eigenvalue weighted by atomic mass is 10.0. The Labute approximate surface area is 120 Å². The first kappa shape index (κ1) is 15.7. The van der Waals surface area contributed by atoms with E-state index in [1.807, 2.05) is 7.05 Å². The largest absolute Gasteiger partial charge is 0.313 e. The summed E-state index contributed by atoms with van der Waals surface area (Å²) in [6.07, 6.45) is 1.14. The molecule has 18 heavy (non-hydrogen) atoms. The van der Waals surface area contributed by atoms with Gasteiger partial charge in [-0.05, 0) is 51.6 Å². The maximum atomic E-state index is 3.54. The van der Waals surface area contributed by atoms with Crippen LogP contribution in [0, 0.1) is 0 Å². The van der Waals surface area contributed by atoms with Crippen molar-refractivity contribution in [2.45, 2.75) is 39.3 Å². The summed E-state index contributed by atoms with van der Waals surface area (Å²) in [6, 6.07) is 9.61. The van der Waals surface area contributed by atoms with Gasteiger partial charge in [-0.1, -0.05) is 35.0 Å². The second-order valence-electron chi connectivity index (χ2n) is 4.91. The summed E-state index contributed by atoms with van der Waals surface area (Å²) in [5, 5.41) is 3.42. The predicted octanol–water partition coefficient (Wildman–Crippen LogP) is 3.83. The molecule has 1 aromatic rings. The van der Waals surface area contributed by atoms with E-state index in [1.165, 1.54) is 5.56 Å². The van der Waals surface area contributed by atoms with Crippen LogP contribution in [0.25, 0.3) is 0 Å². The van der Waals surface area contributed by atoms with E-state index in [1.54, 1.807) is 0 Å². The molecule has 0 aliphatic carbocycles. The normalized spacial score (nSPS) is 13.3. The van der Waals surface area contributed by atoms with Crippen LogP contribution in [0.2, 0.25) is 0 Å². The molecule has 0 heterocycles. The van der Waals surface area contributed by atoms with Crippen LogP contribution in [-0.2, 0) is 0 Å². The lowest BCUT2D eigenvalue weighted by Gasteiger charge is -2.27. The minimum Gasteiger partial charge on any atom is -0.313 e. The smallest absolute Gasteiger partial charge is 0.0330 e. The Bertz CT molecular complexity index is 352. The van der Waals surface area contributed by atoms with Gasteiger partial charge in [-0.15, -0.1) is 0 Å². The molecular formula is C15H25BrN2. The van der Waals surface area contributed by atoms with E-state index in [-0.39, 0.29) is 0 Å². The molecule has 0 amide bonds. The highest BCUT2D eigenvalue weighted by Gasteiger charge is 2.13. The average molecular weight is 313 g/mol. The predicted molar refractivity (Wildman–Crippen MR) is 82.9 cm³/mol. The van der Waals surface area contributed by atoms with Crippen molar-refractivity contribution in [3.8, 4) is 0 Å². The van der Waals surface area contributed by atoms with Crippen molar-refractivity contribution >= 4 is 15.9 Å². The number of halogens is 1. The van der Waals surface area contributed by atoms with E-state index < -0.39 is 0 Å². The number of rotatable bonds is 7. The topological polar surface area (TPSA) is 15.3 Å². The SMILES string of the molecule is CCN(CCC(NC)c1cccc(Br)c1)C(C)C. The van der Waals surface area contributed by atoms with Crippen LogP contribution in [0.5, 0.6) is 0 Å². The first-order valence-electron chi connectivity index (χ1n) is 6.75. The fourth-order valence-electron chi connectivity index (χ4n) is 2.28. The van der Waals surface area contributed by atoms with Crippen LogP contribution in [0.3, 0.4) is 0 Å². The molecule has 0 aromatic heterocycles. The van der Waals surface area contributed by atoms with E-state index in [2.05, 4.69) is 71.2 Å². The molecule has 0 radical (unpaired) electrons. The molecule has 0 aliphatic rings. The standard InChI is InChI=1S/C15H25BrN2/c1-5-18(12(2)3)10-9-15(17-4)13-7-6-8-14(16)11-13/h6-8,11-12,15,17H,5,9-10H2,1-4H3. The second-order valence-corrected chi connectivity index (χ2v) is 5.82. The summed E-state index contributed by atoms with van der Waals surface area (Å²) >= 11 is 3.54. The average Bonchev–Trinajstić information content (AvgIpc) is 2.34. The minimum absolute atomic E-state index is 0.426. The Morgan fingerprint density at radius 2 is 2.06 bits per heavy atom. The third kappa shape index (κ3) is 4.71. The zero-order valence-corrected chi connectivity index (χ0v) is 13.5. The zero-order valence-electron chi connectivity index (χ0n) is 11.9. The molecule has 1 atom stereocenters. The van der Waals surface area contributed by atoms with Crippen molar-refractivity contribution in [2.24, 2.45) is 0 Å². The molecule has 3 heteroatoms. The van der Waals surface area contributed by atoms with Gasteiger partial charge in [0.25, 0.3) is 0 Å². The van der Waals surface area contributed by atoms with Crippen LogP contribution in [0.15, 0.2) is 28.7 Å². The summed E-state index contributed by atoms with van der Waals surface area (Å²) in [6.45, 7) is 9.00. The van der Waals surface area contributed by atoms with Crippen molar-refractivity contribution in [1.29, 1.82) is 0 Å². The molecule has 0 fully saturated rings. The molecule has 1 N–H and O–H groups in total. The van der Waals surface area contributed by atoms with Gasteiger partial charge in [-0.3, -0.25) is 0 Å². The van der Waals surface area contributed by atoms with Crippen molar-refractivity contribution in [3.63, 3.8) is 0 Å². The fraction of sp³-hybridized carbons (Fsp3) is 0.600. The zero-order chi connectivity index (χ0) is 13.5. The third-order valence-electron chi connectivity index (χ3n) is 3.44. The summed E-state index contributed by atoms with van der Waals surface area (Å²) in [5.74, 6) is 0. The molecule has 2 nitrogen and oxygen atoms in total. The van der Waals surface area contributed by atoms with Crippen LogP contribution >= 0.6 is 15.9 Å². The number of nitrogens with one attached hydrogen (secondary N) is 1. The number of benzene rings is 1. The van der Waals surface area contributed by atoms with E-state index in [4.69, 9.17) is 0 Å². The fourth-order valence-corrected chi connectivity index (χ4v) is 2.69. The number of nitrogens with zero attached hydrogens (tertiary/aromatic N) is 1. The molecule has 0 aliphatic heterocycles. The Kier molecular flexibility index (Phi) is 6.90. The molecule has 0 bridgehead atoms. The molecule has 0 saturated carbocycles. The Hall–Kier alpha value is -0.380. The first-order valence-corrected chi connectivity index (χ1v) is 7.54. The number of hydrogen-bond donors (Lipinski definition) is 1. The monoisotopic (exact) mass is 312 g/mol. The van der Waals surface area contributed by atoms with Crippen LogP contribution in [0.1, 0.15) is 38.8 Å². The van der Waals surface area contributed by atoms with Gasteiger partial charge >= 0.3 is 0 Å². The summed E-state index contributed by atoms with van der Waals surface area (Å²) in [5.41, 5.74) is 1.35. The van der Waals surface area contributed by atoms with Gasteiger partial charge in [0, 0.05) is 23.1 Å². The molecule has 0 spiro atoms. The molecular weight excluding hydrogens is 288 g/mol. The van der Waals surface area contributed by atoms with Gasteiger partial charge in [0.05, 0.1) is 0 Å². The minimum atomic E-state index is 0.426. The van der Waals surface area contributed by atoms with E-state index in [9.17, 15) is 0 Å². The first-order chi connectivity index (χ1) is 8.58. The molecule has 1 unspecified atom stereocenters. The molecule has 1 aromatic carbocycles. The second kappa shape index (κ2) is 7.93. The summed E-state index contributed by atoms with van der Waals surface area (Å²) in [7, 11) is 2.04.